The molecule has 1 fully saturated rings. The molecule has 2 heterocycles. The lowest BCUT2D eigenvalue weighted by Crippen LogP contribution is -2.20. The van der Waals surface area contributed by atoms with Gasteiger partial charge in [-0.25, -0.2) is 18.2 Å². The van der Waals surface area contributed by atoms with Gasteiger partial charge in [0.25, 0.3) is 10.0 Å². The van der Waals surface area contributed by atoms with Crippen LogP contribution in [0.15, 0.2) is 41.4 Å². The maximum Gasteiger partial charge on any atom is 0.337 e. The molecule has 8 nitrogen and oxygen atoms in total. The number of carbonyl (C=O) groups is 1. The van der Waals surface area contributed by atoms with Crippen LogP contribution in [0, 0.1) is 0 Å². The number of aromatic carboxylic acids is 1. The monoisotopic (exact) mass is 397 g/mol. The van der Waals surface area contributed by atoms with Gasteiger partial charge in [0, 0.05) is 17.8 Å². The third-order valence-corrected chi connectivity index (χ3v) is 5.37. The van der Waals surface area contributed by atoms with Gasteiger partial charge in [0.05, 0.1) is 23.9 Å². The van der Waals surface area contributed by atoms with Crippen molar-refractivity contribution in [1.82, 2.24) is 4.98 Å². The fraction of sp³-hybridized carbons (Fsp3) is 0.250. The highest BCUT2D eigenvalue weighted by molar-refractivity contribution is 7.92. The summed E-state index contributed by atoms with van der Waals surface area (Å²) in [5.74, 6) is -0.751. The van der Waals surface area contributed by atoms with Crippen molar-refractivity contribution in [3.8, 4) is 0 Å². The Morgan fingerprint density at radius 1 is 1.31 bits per heavy atom. The second-order valence-corrected chi connectivity index (χ2v) is 7.80. The van der Waals surface area contributed by atoms with E-state index in [1.807, 2.05) is 0 Å². The number of carboxylic acids is 1. The number of ether oxygens (including phenoxy) is 1. The Morgan fingerprint density at radius 2 is 2.12 bits per heavy atom. The van der Waals surface area contributed by atoms with Gasteiger partial charge in [0.1, 0.15) is 10.7 Å². The highest BCUT2D eigenvalue weighted by Crippen LogP contribution is 2.24. The van der Waals surface area contributed by atoms with Gasteiger partial charge in [-0.05, 0) is 36.8 Å². The zero-order valence-electron chi connectivity index (χ0n) is 13.5. The third kappa shape index (κ3) is 4.24. The van der Waals surface area contributed by atoms with Crippen LogP contribution in [-0.2, 0) is 14.8 Å². The highest BCUT2D eigenvalue weighted by Gasteiger charge is 2.20. The largest absolute Gasteiger partial charge is 0.478 e. The highest BCUT2D eigenvalue weighted by atomic mass is 35.5. The van der Waals surface area contributed by atoms with E-state index in [1.54, 1.807) is 6.07 Å². The zero-order valence-corrected chi connectivity index (χ0v) is 15.0. The molecule has 1 saturated heterocycles. The molecule has 0 spiro atoms. The number of nitrogens with one attached hydrogen (secondary N) is 2. The van der Waals surface area contributed by atoms with Gasteiger partial charge in [0.2, 0.25) is 0 Å². The number of aromatic nitrogens is 1. The van der Waals surface area contributed by atoms with E-state index in [-0.39, 0.29) is 27.2 Å². The average Bonchev–Trinajstić information content (AvgIpc) is 3.09. The number of benzene rings is 1. The van der Waals surface area contributed by atoms with E-state index in [0.717, 1.165) is 6.42 Å². The molecule has 1 aliphatic rings. The standard InChI is InChI=1S/C16H16ClN3O5S/c17-10-1-3-14(13(7-10)16(21)22)20-26(23,24)12-2-4-15(18-8-12)19-11-5-6-25-9-11/h1-4,7-8,11,20H,5-6,9H2,(H,18,19)(H,21,22)/t11-/m0/s1. The maximum atomic E-state index is 12.5. The number of halogens is 1. The molecule has 3 N–H and O–H groups in total. The molecule has 0 radical (unpaired) electrons. The Kier molecular flexibility index (Phi) is 5.30. The molecule has 3 rings (SSSR count). The molecule has 0 aliphatic carbocycles. The smallest absolute Gasteiger partial charge is 0.337 e. The summed E-state index contributed by atoms with van der Waals surface area (Å²) in [4.78, 5) is 15.3. The first-order valence-electron chi connectivity index (χ1n) is 7.71. The predicted molar refractivity (Wildman–Crippen MR) is 96.3 cm³/mol. The van der Waals surface area contributed by atoms with Gasteiger partial charge in [-0.2, -0.15) is 0 Å². The molecule has 2 aromatic rings. The van der Waals surface area contributed by atoms with E-state index in [1.165, 1.54) is 30.5 Å². The van der Waals surface area contributed by atoms with Gasteiger partial charge in [-0.1, -0.05) is 11.6 Å². The molecular formula is C16H16ClN3O5S. The maximum absolute atomic E-state index is 12.5. The average molecular weight is 398 g/mol. The summed E-state index contributed by atoms with van der Waals surface area (Å²) >= 11 is 5.77. The second-order valence-electron chi connectivity index (χ2n) is 5.68. The van der Waals surface area contributed by atoms with E-state index in [9.17, 15) is 18.3 Å². The van der Waals surface area contributed by atoms with Crippen LogP contribution in [0.25, 0.3) is 0 Å². The van der Waals surface area contributed by atoms with Gasteiger partial charge in [-0.15, -0.1) is 0 Å². The minimum absolute atomic E-state index is 0.0767. The number of pyridine rings is 1. The van der Waals surface area contributed by atoms with Crippen molar-refractivity contribution in [2.45, 2.75) is 17.4 Å². The number of sulfonamides is 1. The molecule has 10 heteroatoms. The van der Waals surface area contributed by atoms with Crippen molar-refractivity contribution in [2.75, 3.05) is 23.3 Å². The van der Waals surface area contributed by atoms with Crippen molar-refractivity contribution in [3.63, 3.8) is 0 Å². The number of rotatable bonds is 6. The first kappa shape index (κ1) is 18.4. The van der Waals surface area contributed by atoms with Gasteiger partial charge >= 0.3 is 5.97 Å². The van der Waals surface area contributed by atoms with E-state index >= 15 is 0 Å². The Bertz CT molecular complexity index is 912. The Morgan fingerprint density at radius 3 is 2.73 bits per heavy atom. The van der Waals surface area contributed by atoms with Crippen LogP contribution in [0.2, 0.25) is 5.02 Å². The molecule has 1 aliphatic heterocycles. The summed E-state index contributed by atoms with van der Waals surface area (Å²) < 4.78 is 32.5. The van der Waals surface area contributed by atoms with Crippen molar-refractivity contribution in [1.29, 1.82) is 0 Å². The molecule has 0 amide bonds. The van der Waals surface area contributed by atoms with Crippen LogP contribution in [0.5, 0.6) is 0 Å². The second kappa shape index (κ2) is 7.48. The van der Waals surface area contributed by atoms with Crippen LogP contribution < -0.4 is 10.0 Å². The molecule has 26 heavy (non-hydrogen) atoms. The summed E-state index contributed by atoms with van der Waals surface area (Å²) in [6.45, 7) is 1.26. The van der Waals surface area contributed by atoms with Crippen molar-refractivity contribution in [3.05, 3.63) is 47.1 Å². The predicted octanol–water partition coefficient (Wildman–Crippen LogP) is 2.43. The summed E-state index contributed by atoms with van der Waals surface area (Å²) in [6.07, 6.45) is 2.06. The molecule has 138 valence electrons. The van der Waals surface area contributed by atoms with Crippen LogP contribution in [-0.4, -0.2) is 43.7 Å². The zero-order chi connectivity index (χ0) is 18.7. The molecule has 0 unspecified atom stereocenters. The van der Waals surface area contributed by atoms with E-state index in [2.05, 4.69) is 15.0 Å². The summed E-state index contributed by atoms with van der Waals surface area (Å²) in [7, 11) is -4.00. The number of hydrogen-bond acceptors (Lipinski definition) is 6. The van der Waals surface area contributed by atoms with Crippen LogP contribution >= 0.6 is 11.6 Å². The van der Waals surface area contributed by atoms with Crippen molar-refractivity contribution in [2.24, 2.45) is 0 Å². The lowest BCUT2D eigenvalue weighted by Gasteiger charge is -2.13. The molecule has 0 saturated carbocycles. The van der Waals surface area contributed by atoms with Crippen molar-refractivity contribution < 1.29 is 23.1 Å². The Labute approximate surface area is 155 Å². The van der Waals surface area contributed by atoms with Gasteiger partial charge in [-0.3, -0.25) is 4.72 Å². The fourth-order valence-electron chi connectivity index (χ4n) is 2.47. The molecule has 1 atom stereocenters. The SMILES string of the molecule is O=C(O)c1cc(Cl)ccc1NS(=O)(=O)c1ccc(N[C@H]2CCOC2)nc1. The normalized spacial score (nSPS) is 17.0. The minimum Gasteiger partial charge on any atom is -0.478 e. The quantitative estimate of drug-likeness (QED) is 0.685. The molecule has 1 aromatic heterocycles. The molecule has 1 aromatic carbocycles. The first-order valence-corrected chi connectivity index (χ1v) is 9.57. The minimum atomic E-state index is -4.00. The number of anilines is 2. The van der Waals surface area contributed by atoms with Gasteiger partial charge < -0.3 is 15.2 Å². The van der Waals surface area contributed by atoms with E-state index in [4.69, 9.17) is 16.3 Å². The summed E-state index contributed by atoms with van der Waals surface area (Å²) in [5, 5.41) is 12.6. The fourth-order valence-corrected chi connectivity index (χ4v) is 3.66. The van der Waals surface area contributed by atoms with Crippen LogP contribution in [0.4, 0.5) is 11.5 Å². The lowest BCUT2D eigenvalue weighted by molar-refractivity contribution is 0.0698. The van der Waals surface area contributed by atoms with Crippen LogP contribution in [0.3, 0.4) is 0 Å². The first-order chi connectivity index (χ1) is 12.3. The molecular weight excluding hydrogens is 382 g/mol. The number of nitrogens with zero attached hydrogens (tertiary/aromatic N) is 1. The van der Waals surface area contributed by atoms with E-state index in [0.29, 0.717) is 19.0 Å². The summed E-state index contributed by atoms with van der Waals surface area (Å²) in [6, 6.07) is 6.97. The van der Waals surface area contributed by atoms with E-state index < -0.39 is 16.0 Å². The van der Waals surface area contributed by atoms with Crippen molar-refractivity contribution >= 4 is 39.1 Å². The summed E-state index contributed by atoms with van der Waals surface area (Å²) in [5.41, 5.74) is -0.319. The third-order valence-electron chi connectivity index (χ3n) is 3.78. The molecule has 0 bridgehead atoms. The lowest BCUT2D eigenvalue weighted by atomic mass is 10.2. The topological polar surface area (TPSA) is 118 Å². The Hall–Kier alpha value is -2.36. The number of hydrogen-bond donors (Lipinski definition) is 3. The Balaban J connectivity index is 1.79. The van der Waals surface area contributed by atoms with Gasteiger partial charge in [0.15, 0.2) is 0 Å². The van der Waals surface area contributed by atoms with Crippen LogP contribution in [0.1, 0.15) is 16.8 Å². The number of carboxylic acid groups (broad SMARTS) is 1.